The minimum atomic E-state index is -1.43. The van der Waals surface area contributed by atoms with E-state index in [1.54, 1.807) is 18.2 Å². The molecule has 0 fully saturated rings. The van der Waals surface area contributed by atoms with E-state index >= 15 is 0 Å². The highest BCUT2D eigenvalue weighted by atomic mass is 16.3. The molecule has 3 aromatic rings. The van der Waals surface area contributed by atoms with Crippen LogP contribution in [0.5, 0.6) is 5.88 Å². The summed E-state index contributed by atoms with van der Waals surface area (Å²) in [7, 11) is 1.27. The van der Waals surface area contributed by atoms with E-state index in [4.69, 9.17) is 0 Å². The normalized spacial score (nSPS) is 13.5. The number of imide groups is 1. The summed E-state index contributed by atoms with van der Waals surface area (Å²) >= 11 is 0. The minimum absolute atomic E-state index is 0.00356. The number of carbonyl (C=O) groups is 2. The van der Waals surface area contributed by atoms with Gasteiger partial charge in [-0.3, -0.25) is 19.0 Å². The maximum atomic E-state index is 13.3. The number of hydrogen-bond acceptors (Lipinski definition) is 10. The number of aliphatic hydroxyl groups is 3. The second-order valence-electron chi connectivity index (χ2n) is 8.65. The average Bonchev–Trinajstić information content (AvgIpc) is 2.91. The second kappa shape index (κ2) is 9.47. The van der Waals surface area contributed by atoms with Crippen molar-refractivity contribution in [2.45, 2.75) is 12.5 Å². The average molecular weight is 505 g/mol. The molecule has 2 aromatic carbocycles. The van der Waals surface area contributed by atoms with Crippen molar-refractivity contribution in [2.24, 2.45) is 12.1 Å². The number of hydrazone groups is 1. The molecule has 37 heavy (non-hydrogen) atoms. The lowest BCUT2D eigenvalue weighted by atomic mass is 9.92. The lowest BCUT2D eigenvalue weighted by Gasteiger charge is -2.31. The van der Waals surface area contributed by atoms with Gasteiger partial charge in [-0.15, -0.1) is 0 Å². The molecule has 1 aromatic heterocycles. The van der Waals surface area contributed by atoms with E-state index in [9.17, 15) is 40.1 Å². The van der Waals surface area contributed by atoms with Crippen molar-refractivity contribution < 1.29 is 30.0 Å². The van der Waals surface area contributed by atoms with Gasteiger partial charge in [-0.25, -0.2) is 0 Å². The molecule has 2 heterocycles. The first-order valence-corrected chi connectivity index (χ1v) is 11.1. The first-order chi connectivity index (χ1) is 17.6. The Bertz CT molecular complexity index is 1550. The predicted molar refractivity (Wildman–Crippen MR) is 132 cm³/mol. The van der Waals surface area contributed by atoms with Crippen LogP contribution in [0, 0.1) is 18.3 Å². The third kappa shape index (κ3) is 3.91. The Kier molecular flexibility index (Phi) is 6.53. The van der Waals surface area contributed by atoms with Crippen LogP contribution >= 0.6 is 0 Å². The Morgan fingerprint density at radius 3 is 2.27 bits per heavy atom. The highest BCUT2D eigenvalue weighted by Crippen LogP contribution is 2.35. The Morgan fingerprint density at radius 1 is 1.05 bits per heavy atom. The molecule has 0 aliphatic carbocycles. The van der Waals surface area contributed by atoms with Crippen LogP contribution in [-0.4, -0.2) is 73.4 Å². The first kappa shape index (κ1) is 25.5. The monoisotopic (exact) mass is 505 g/mol. The van der Waals surface area contributed by atoms with Gasteiger partial charge in [-0.05, 0) is 30.7 Å². The molecule has 0 bridgehead atoms. The molecule has 1 aliphatic rings. The summed E-state index contributed by atoms with van der Waals surface area (Å²) in [5.74, 6) is -1.99. The number of aliphatic hydroxyl groups excluding tert-OH is 3. The van der Waals surface area contributed by atoms with Gasteiger partial charge >= 0.3 is 0 Å². The molecule has 2 amide bonds. The summed E-state index contributed by atoms with van der Waals surface area (Å²) in [5.41, 5.74) is -1.53. The van der Waals surface area contributed by atoms with Crippen molar-refractivity contribution in [3.63, 3.8) is 0 Å². The highest BCUT2D eigenvalue weighted by Gasteiger charge is 2.35. The van der Waals surface area contributed by atoms with Gasteiger partial charge in [0.15, 0.2) is 0 Å². The standard InChI is InChI=1S/C25H23N5O7/c1-13-17(8-26)21(34)29(2)22(35)18(13)9-27-30-23(36)15-5-3-4-14-19(28-25(10-31,11-32)12-33)7-6-16(20(14)15)24(30)37/h3-7,9,28,31-33,35H,10-12H2,1-2H3/b27-9+. The number of rotatable bonds is 7. The van der Waals surface area contributed by atoms with Gasteiger partial charge in [0.05, 0.1) is 42.7 Å². The zero-order chi connectivity index (χ0) is 27.1. The molecule has 12 heteroatoms. The number of hydrogen-bond donors (Lipinski definition) is 5. The van der Waals surface area contributed by atoms with Crippen LogP contribution in [0.4, 0.5) is 5.69 Å². The lowest BCUT2D eigenvalue weighted by molar-refractivity contribution is 0.0616. The number of aromatic hydroxyl groups is 1. The number of nitriles is 1. The number of amides is 2. The van der Waals surface area contributed by atoms with E-state index in [0.717, 1.165) is 10.8 Å². The zero-order valence-corrected chi connectivity index (χ0v) is 19.9. The molecule has 190 valence electrons. The Labute approximate surface area is 209 Å². The minimum Gasteiger partial charge on any atom is -0.494 e. The summed E-state index contributed by atoms with van der Waals surface area (Å²) in [6.45, 7) is -0.285. The van der Waals surface area contributed by atoms with E-state index < -0.39 is 48.6 Å². The van der Waals surface area contributed by atoms with E-state index in [1.165, 1.54) is 32.2 Å². The van der Waals surface area contributed by atoms with Crippen molar-refractivity contribution in [3.05, 3.63) is 68.5 Å². The van der Waals surface area contributed by atoms with E-state index in [1.807, 2.05) is 0 Å². The van der Waals surface area contributed by atoms with Gasteiger partial charge in [-0.2, -0.15) is 15.4 Å². The maximum Gasteiger partial charge on any atom is 0.282 e. The van der Waals surface area contributed by atoms with Gasteiger partial charge in [0, 0.05) is 23.5 Å². The topological polar surface area (TPSA) is 188 Å². The predicted octanol–water partition coefficient (Wildman–Crippen LogP) is 0.182. The van der Waals surface area contributed by atoms with Crippen LogP contribution in [-0.2, 0) is 7.05 Å². The third-order valence-electron chi connectivity index (χ3n) is 6.46. The van der Waals surface area contributed by atoms with E-state index in [0.29, 0.717) is 21.5 Å². The molecule has 12 nitrogen and oxygen atoms in total. The zero-order valence-electron chi connectivity index (χ0n) is 19.9. The SMILES string of the molecule is Cc1c(/C=N/N2C(=O)c3cccc4c(NC(CO)(CO)CO)ccc(c34)C2=O)c(O)n(C)c(=O)c1C#N. The summed E-state index contributed by atoms with van der Waals surface area (Å²) in [5, 5.41) is 57.1. The van der Waals surface area contributed by atoms with Crippen LogP contribution in [0.1, 0.15) is 37.4 Å². The largest absolute Gasteiger partial charge is 0.494 e. The molecular formula is C25H23N5O7. The van der Waals surface area contributed by atoms with Crippen molar-refractivity contribution in [1.29, 1.82) is 5.26 Å². The number of anilines is 1. The number of aromatic nitrogens is 1. The molecule has 0 radical (unpaired) electrons. The van der Waals surface area contributed by atoms with Crippen LogP contribution in [0.3, 0.4) is 0 Å². The lowest BCUT2D eigenvalue weighted by Crippen LogP contribution is -2.49. The molecule has 0 saturated heterocycles. The van der Waals surface area contributed by atoms with Gasteiger partial charge in [0.2, 0.25) is 5.88 Å². The van der Waals surface area contributed by atoms with Gasteiger partial charge in [-0.1, -0.05) is 12.1 Å². The quantitative estimate of drug-likeness (QED) is 0.220. The molecule has 1 aliphatic heterocycles. The molecule has 0 atom stereocenters. The highest BCUT2D eigenvalue weighted by molar-refractivity contribution is 6.26. The fraction of sp³-hybridized carbons (Fsp3) is 0.240. The maximum absolute atomic E-state index is 13.3. The number of benzene rings is 2. The summed E-state index contributed by atoms with van der Waals surface area (Å²) in [6, 6.07) is 9.50. The van der Waals surface area contributed by atoms with E-state index in [-0.39, 0.29) is 27.8 Å². The van der Waals surface area contributed by atoms with Crippen LogP contribution in [0.25, 0.3) is 10.8 Å². The molecular weight excluding hydrogens is 482 g/mol. The second-order valence-corrected chi connectivity index (χ2v) is 8.65. The van der Waals surface area contributed by atoms with Crippen molar-refractivity contribution in [3.8, 4) is 11.9 Å². The Morgan fingerprint density at radius 2 is 1.68 bits per heavy atom. The summed E-state index contributed by atoms with van der Waals surface area (Å²) < 4.78 is 0.864. The molecule has 4 rings (SSSR count). The van der Waals surface area contributed by atoms with Gasteiger partial charge < -0.3 is 25.7 Å². The van der Waals surface area contributed by atoms with Crippen LogP contribution < -0.4 is 10.9 Å². The molecule has 5 N–H and O–H groups in total. The Hall–Kier alpha value is -4.57. The Balaban J connectivity index is 1.81. The molecule has 0 spiro atoms. The summed E-state index contributed by atoms with van der Waals surface area (Å²) in [4.78, 5) is 38.8. The third-order valence-corrected chi connectivity index (χ3v) is 6.46. The molecule has 0 saturated carbocycles. The number of nitrogens with zero attached hydrogens (tertiary/aromatic N) is 4. The number of nitrogens with one attached hydrogen (secondary N) is 1. The van der Waals surface area contributed by atoms with Crippen LogP contribution in [0.15, 0.2) is 40.2 Å². The summed E-state index contributed by atoms with van der Waals surface area (Å²) in [6.07, 6.45) is 1.04. The van der Waals surface area contributed by atoms with Gasteiger partial charge in [0.1, 0.15) is 17.2 Å². The smallest absolute Gasteiger partial charge is 0.282 e. The van der Waals surface area contributed by atoms with Crippen molar-refractivity contribution in [2.75, 3.05) is 25.1 Å². The fourth-order valence-electron chi connectivity index (χ4n) is 4.16. The number of pyridine rings is 1. The first-order valence-electron chi connectivity index (χ1n) is 11.1. The fourth-order valence-corrected chi connectivity index (χ4v) is 4.16. The van der Waals surface area contributed by atoms with Crippen molar-refractivity contribution >= 4 is 34.5 Å². The van der Waals surface area contributed by atoms with Gasteiger partial charge in [0.25, 0.3) is 17.4 Å². The molecule has 0 unspecified atom stereocenters. The van der Waals surface area contributed by atoms with Crippen molar-refractivity contribution in [1.82, 2.24) is 9.58 Å². The van der Waals surface area contributed by atoms with E-state index in [2.05, 4.69) is 10.4 Å². The number of carbonyl (C=O) groups excluding carboxylic acids is 2. The van der Waals surface area contributed by atoms with Crippen LogP contribution in [0.2, 0.25) is 0 Å².